The molecule has 0 saturated carbocycles. The van der Waals surface area contributed by atoms with Gasteiger partial charge in [0.2, 0.25) is 18.2 Å². The normalized spacial score (nSPS) is 18.6. The number of carbonyl (C=O) groups excluding carboxylic acids is 4. The van der Waals surface area contributed by atoms with Crippen LogP contribution in [-0.4, -0.2) is 97.4 Å². The number of hydrogen-bond donors (Lipinski definition) is 1. The van der Waals surface area contributed by atoms with E-state index in [2.05, 4.69) is 37.9 Å². The summed E-state index contributed by atoms with van der Waals surface area (Å²) in [5.41, 5.74) is 0.475. The number of amides is 3. The van der Waals surface area contributed by atoms with E-state index in [0.717, 1.165) is 12.5 Å². The predicted molar refractivity (Wildman–Crippen MR) is 152 cm³/mol. The van der Waals surface area contributed by atoms with Crippen LogP contribution >= 0.6 is 0 Å². The van der Waals surface area contributed by atoms with Crippen molar-refractivity contribution >= 4 is 24.2 Å². The molecule has 0 aromatic heterocycles. The van der Waals surface area contributed by atoms with Crippen molar-refractivity contribution in [2.75, 3.05) is 40.3 Å². The van der Waals surface area contributed by atoms with Crippen molar-refractivity contribution in [2.24, 2.45) is 5.92 Å². The van der Waals surface area contributed by atoms with Crippen molar-refractivity contribution in [3.63, 3.8) is 0 Å². The molecule has 0 unspecified atom stereocenters. The Morgan fingerprint density at radius 3 is 2.05 bits per heavy atom. The maximum atomic E-state index is 12.8. The third-order valence-electron chi connectivity index (χ3n) is 6.73. The number of nitrogens with zero attached hydrogens (tertiary/aromatic N) is 3. The average Bonchev–Trinajstić information content (AvgIpc) is 3.40. The second-order valence-corrected chi connectivity index (χ2v) is 10.7. The number of methoxy groups -OCH3 is 1. The van der Waals surface area contributed by atoms with Gasteiger partial charge in [0.25, 0.3) is 0 Å². The van der Waals surface area contributed by atoms with Gasteiger partial charge in [-0.25, -0.2) is 4.79 Å². The SMILES string of the molecule is CC(C)N1CCCCC1.CCC.COC(=O)[C@@H]1CCCN1C(=O)/C(C)=C/[C@H](C(C)C)N(C)C(=O)CNC=O. The number of nitrogens with one attached hydrogen (secondary N) is 1. The third kappa shape index (κ3) is 12.4. The minimum atomic E-state index is -0.551. The van der Waals surface area contributed by atoms with Gasteiger partial charge in [-0.2, -0.15) is 0 Å². The minimum Gasteiger partial charge on any atom is -0.467 e. The second-order valence-electron chi connectivity index (χ2n) is 10.7. The summed E-state index contributed by atoms with van der Waals surface area (Å²) in [6.07, 6.45) is 9.09. The molecule has 2 aliphatic heterocycles. The molecule has 2 atom stereocenters. The van der Waals surface area contributed by atoms with E-state index < -0.39 is 12.0 Å². The Hall–Kier alpha value is -2.42. The highest BCUT2D eigenvalue weighted by Gasteiger charge is 2.35. The average molecular weight is 539 g/mol. The van der Waals surface area contributed by atoms with Gasteiger partial charge in [-0.1, -0.05) is 46.6 Å². The molecule has 0 bridgehead atoms. The first-order valence-corrected chi connectivity index (χ1v) is 14.2. The van der Waals surface area contributed by atoms with E-state index in [1.54, 1.807) is 20.0 Å². The van der Waals surface area contributed by atoms with E-state index >= 15 is 0 Å². The second kappa shape index (κ2) is 19.6. The van der Waals surface area contributed by atoms with Crippen molar-refractivity contribution in [1.82, 2.24) is 20.0 Å². The minimum absolute atomic E-state index is 0.0675. The molecular weight excluding hydrogens is 484 g/mol. The molecule has 2 aliphatic rings. The summed E-state index contributed by atoms with van der Waals surface area (Å²) in [7, 11) is 2.95. The van der Waals surface area contributed by atoms with Crippen LogP contribution in [0.2, 0.25) is 0 Å². The number of ether oxygens (including phenoxy) is 1. The van der Waals surface area contributed by atoms with E-state index in [0.29, 0.717) is 24.9 Å². The van der Waals surface area contributed by atoms with Crippen LogP contribution in [0, 0.1) is 5.92 Å². The number of carbonyl (C=O) groups is 4. The molecule has 38 heavy (non-hydrogen) atoms. The number of likely N-dealkylation sites (tertiary alicyclic amines) is 2. The molecule has 220 valence electrons. The van der Waals surface area contributed by atoms with Crippen molar-refractivity contribution in [3.05, 3.63) is 11.6 Å². The Morgan fingerprint density at radius 2 is 1.61 bits per heavy atom. The number of rotatable bonds is 9. The van der Waals surface area contributed by atoms with Crippen LogP contribution < -0.4 is 5.32 Å². The van der Waals surface area contributed by atoms with Gasteiger partial charge in [0.05, 0.1) is 19.7 Å². The largest absolute Gasteiger partial charge is 0.467 e. The number of piperidine rings is 1. The van der Waals surface area contributed by atoms with Gasteiger partial charge < -0.3 is 24.8 Å². The van der Waals surface area contributed by atoms with Crippen LogP contribution in [-0.2, 0) is 23.9 Å². The molecule has 2 fully saturated rings. The summed E-state index contributed by atoms with van der Waals surface area (Å²) in [6.45, 7) is 17.5. The molecule has 2 saturated heterocycles. The van der Waals surface area contributed by atoms with Crippen LogP contribution in [0.15, 0.2) is 11.6 Å². The van der Waals surface area contributed by atoms with E-state index in [-0.39, 0.29) is 30.3 Å². The fourth-order valence-electron chi connectivity index (χ4n) is 4.55. The summed E-state index contributed by atoms with van der Waals surface area (Å²) in [5.74, 6) is -0.814. The van der Waals surface area contributed by atoms with Gasteiger partial charge in [0, 0.05) is 25.2 Å². The first-order valence-electron chi connectivity index (χ1n) is 14.2. The first kappa shape index (κ1) is 35.6. The maximum absolute atomic E-state index is 12.8. The molecule has 2 rings (SSSR count). The number of hydrogen-bond acceptors (Lipinski definition) is 6. The lowest BCUT2D eigenvalue weighted by molar-refractivity contribution is -0.149. The van der Waals surface area contributed by atoms with E-state index in [1.807, 2.05) is 13.8 Å². The van der Waals surface area contributed by atoms with Gasteiger partial charge in [-0.3, -0.25) is 14.4 Å². The number of likely N-dealkylation sites (N-methyl/N-ethyl adjacent to an activating group) is 1. The van der Waals surface area contributed by atoms with Gasteiger partial charge >= 0.3 is 5.97 Å². The molecule has 0 spiro atoms. The Bertz CT molecular complexity index is 747. The highest BCUT2D eigenvalue weighted by Crippen LogP contribution is 2.22. The van der Waals surface area contributed by atoms with Gasteiger partial charge in [-0.15, -0.1) is 0 Å². The Labute approximate surface area is 231 Å². The molecule has 2 heterocycles. The van der Waals surface area contributed by atoms with Crippen molar-refractivity contribution in [3.8, 4) is 0 Å². The zero-order chi connectivity index (χ0) is 29.3. The van der Waals surface area contributed by atoms with Crippen LogP contribution in [0.3, 0.4) is 0 Å². The van der Waals surface area contributed by atoms with Crippen LogP contribution in [0.1, 0.15) is 87.0 Å². The molecule has 0 radical (unpaired) electrons. The Kier molecular flexibility index (Phi) is 18.4. The molecule has 1 N–H and O–H groups in total. The summed E-state index contributed by atoms with van der Waals surface area (Å²) in [4.78, 5) is 52.8. The molecule has 3 amide bonds. The fraction of sp³-hybridized carbons (Fsp3) is 0.793. The highest BCUT2D eigenvalue weighted by atomic mass is 16.5. The van der Waals surface area contributed by atoms with Crippen molar-refractivity contribution in [1.29, 1.82) is 0 Å². The predicted octanol–water partition coefficient (Wildman–Crippen LogP) is 3.62. The highest BCUT2D eigenvalue weighted by molar-refractivity contribution is 5.96. The molecular formula is C29H54N4O5. The Morgan fingerprint density at radius 1 is 1.03 bits per heavy atom. The quantitative estimate of drug-likeness (QED) is 0.273. The summed E-state index contributed by atoms with van der Waals surface area (Å²) >= 11 is 0. The van der Waals surface area contributed by atoms with E-state index in [1.165, 1.54) is 55.7 Å². The van der Waals surface area contributed by atoms with E-state index in [9.17, 15) is 19.2 Å². The number of esters is 1. The van der Waals surface area contributed by atoms with Gasteiger partial charge in [0.1, 0.15) is 6.04 Å². The molecule has 0 aromatic rings. The summed E-state index contributed by atoms with van der Waals surface area (Å²) in [6, 6.07) is -0.0890. The topological polar surface area (TPSA) is 99.3 Å². The van der Waals surface area contributed by atoms with Crippen LogP contribution in [0.4, 0.5) is 0 Å². The maximum Gasteiger partial charge on any atom is 0.328 e. The standard InChI is InChI=1S/C18H29N3O5.C8H17N.C3H8/c1-12(2)15(20(4)16(23)10-19-11-22)9-13(3)17(24)21-8-6-7-14(21)18(25)26-5;1-8(2)9-6-4-3-5-7-9;1-3-2/h9,11-12,14-15H,6-8,10H2,1-5H3,(H,19,22);8H,3-7H2,1-2H3;3H2,1-2H3/b13-9+;;/t14-,15+;;/m0../s1. The first-order chi connectivity index (χ1) is 18.0. The third-order valence-corrected chi connectivity index (χ3v) is 6.73. The zero-order valence-electron chi connectivity index (χ0n) is 25.4. The van der Waals surface area contributed by atoms with Gasteiger partial charge in [-0.05, 0) is 65.5 Å². The molecule has 9 nitrogen and oxygen atoms in total. The summed E-state index contributed by atoms with van der Waals surface area (Å²) < 4.78 is 4.78. The van der Waals surface area contributed by atoms with Crippen LogP contribution in [0.5, 0.6) is 0 Å². The van der Waals surface area contributed by atoms with Crippen LogP contribution in [0.25, 0.3) is 0 Å². The molecule has 9 heteroatoms. The molecule has 0 aliphatic carbocycles. The monoisotopic (exact) mass is 538 g/mol. The fourth-order valence-corrected chi connectivity index (χ4v) is 4.55. The smallest absolute Gasteiger partial charge is 0.328 e. The Balaban J connectivity index is 0.000000938. The summed E-state index contributed by atoms with van der Waals surface area (Å²) in [5, 5.41) is 2.35. The molecule has 0 aromatic carbocycles. The lowest BCUT2D eigenvalue weighted by Crippen LogP contribution is -2.44. The van der Waals surface area contributed by atoms with Crippen molar-refractivity contribution < 1.29 is 23.9 Å². The van der Waals surface area contributed by atoms with E-state index in [4.69, 9.17) is 4.74 Å². The van der Waals surface area contributed by atoms with Crippen molar-refractivity contribution in [2.45, 2.75) is 105 Å². The lowest BCUT2D eigenvalue weighted by atomic mass is 9.99. The lowest BCUT2D eigenvalue weighted by Gasteiger charge is -2.30. The zero-order valence-corrected chi connectivity index (χ0v) is 25.4. The van der Waals surface area contributed by atoms with Gasteiger partial charge in [0.15, 0.2) is 0 Å².